The van der Waals surface area contributed by atoms with Gasteiger partial charge in [-0.25, -0.2) is 0 Å². The number of nitrogens with one attached hydrogen (secondary N) is 2. The molecule has 8 nitrogen and oxygen atoms in total. The summed E-state index contributed by atoms with van der Waals surface area (Å²) in [6.07, 6.45) is 7.16. The molecule has 5 atom stereocenters. The van der Waals surface area contributed by atoms with Gasteiger partial charge in [0.05, 0.1) is 30.4 Å². The molecule has 2 aromatic carbocycles. The van der Waals surface area contributed by atoms with Crippen molar-refractivity contribution in [3.8, 4) is 16.9 Å². The molecule has 4 aliphatic rings. The number of carbonyl (C=O) groups excluding carboxylic acids is 2. The van der Waals surface area contributed by atoms with Crippen LogP contribution in [0.5, 0.6) is 5.75 Å². The summed E-state index contributed by atoms with van der Waals surface area (Å²) >= 11 is 0. The minimum atomic E-state index is -0.601. The van der Waals surface area contributed by atoms with E-state index >= 15 is 0 Å². The SMILES string of the molecule is O=C1N[C@H]2C[C@@H](C(=O)NC[C@H]3O[C@H](CCOc4cc(-c5ccccc5)ccc41)CC[C@@H]3O)N(C1CCCCC1)C2. The van der Waals surface area contributed by atoms with Gasteiger partial charge in [-0.3, -0.25) is 14.5 Å². The molecular weight excluding hydrogens is 506 g/mol. The first-order valence-corrected chi connectivity index (χ1v) is 15.1. The van der Waals surface area contributed by atoms with E-state index in [0.717, 1.165) is 30.4 Å². The molecule has 2 aromatic rings. The van der Waals surface area contributed by atoms with Crippen molar-refractivity contribution in [3.63, 3.8) is 0 Å². The van der Waals surface area contributed by atoms with Crippen molar-refractivity contribution in [3.05, 3.63) is 54.1 Å². The van der Waals surface area contributed by atoms with Crippen molar-refractivity contribution in [2.24, 2.45) is 0 Å². The van der Waals surface area contributed by atoms with Gasteiger partial charge in [0.1, 0.15) is 11.9 Å². The molecule has 3 N–H and O–H groups in total. The monoisotopic (exact) mass is 547 g/mol. The maximum atomic E-state index is 13.6. The Labute approximate surface area is 236 Å². The van der Waals surface area contributed by atoms with Crippen molar-refractivity contribution >= 4 is 11.8 Å². The van der Waals surface area contributed by atoms with E-state index in [1.807, 2.05) is 48.5 Å². The Morgan fingerprint density at radius 3 is 2.55 bits per heavy atom. The lowest BCUT2D eigenvalue weighted by Gasteiger charge is -2.36. The number of rotatable bonds is 2. The molecule has 40 heavy (non-hydrogen) atoms. The van der Waals surface area contributed by atoms with Gasteiger partial charge in [-0.2, -0.15) is 0 Å². The fourth-order valence-electron chi connectivity index (χ4n) is 6.91. The minimum absolute atomic E-state index is 0.0384. The number of hydrogen-bond donors (Lipinski definition) is 3. The van der Waals surface area contributed by atoms with E-state index < -0.39 is 12.2 Å². The lowest BCUT2D eigenvalue weighted by atomic mass is 9.93. The van der Waals surface area contributed by atoms with Gasteiger partial charge in [0.2, 0.25) is 5.91 Å². The zero-order valence-electron chi connectivity index (χ0n) is 23.1. The molecule has 0 spiro atoms. The summed E-state index contributed by atoms with van der Waals surface area (Å²) < 4.78 is 12.5. The van der Waals surface area contributed by atoms with Crippen molar-refractivity contribution in [2.75, 3.05) is 19.7 Å². The van der Waals surface area contributed by atoms with Crippen molar-refractivity contribution < 1.29 is 24.2 Å². The highest BCUT2D eigenvalue weighted by Crippen LogP contribution is 2.32. The molecule has 0 aromatic heterocycles. The van der Waals surface area contributed by atoms with Crippen LogP contribution in [0, 0.1) is 0 Å². The van der Waals surface area contributed by atoms with Crippen molar-refractivity contribution in [1.82, 2.24) is 15.5 Å². The van der Waals surface area contributed by atoms with Gasteiger partial charge in [-0.15, -0.1) is 0 Å². The van der Waals surface area contributed by atoms with E-state index in [4.69, 9.17) is 9.47 Å². The molecule has 0 radical (unpaired) electrons. The smallest absolute Gasteiger partial charge is 0.255 e. The molecule has 3 aliphatic heterocycles. The number of fused-ring (bicyclic) bond motifs is 5. The molecular formula is C32H41N3O5. The number of amides is 2. The largest absolute Gasteiger partial charge is 0.493 e. The average Bonchev–Trinajstić information content (AvgIpc) is 3.41. The van der Waals surface area contributed by atoms with Gasteiger partial charge >= 0.3 is 0 Å². The number of benzene rings is 2. The quantitative estimate of drug-likeness (QED) is 0.531. The first-order chi connectivity index (χ1) is 19.5. The molecule has 2 amide bonds. The van der Waals surface area contributed by atoms with Gasteiger partial charge in [-0.1, -0.05) is 55.7 Å². The Balaban J connectivity index is 1.29. The third-order valence-corrected chi connectivity index (χ3v) is 9.11. The summed E-state index contributed by atoms with van der Waals surface area (Å²) in [4.78, 5) is 29.5. The molecule has 0 unspecified atom stereocenters. The topological polar surface area (TPSA) is 100 Å². The van der Waals surface area contributed by atoms with Crippen LogP contribution < -0.4 is 15.4 Å². The second kappa shape index (κ2) is 12.3. The van der Waals surface area contributed by atoms with Crippen LogP contribution >= 0.6 is 0 Å². The Morgan fingerprint density at radius 2 is 1.73 bits per heavy atom. The van der Waals surface area contributed by atoms with Crippen LogP contribution in [0.15, 0.2) is 48.5 Å². The molecule has 1 aliphatic carbocycles. The molecule has 4 bridgehead atoms. The van der Waals surface area contributed by atoms with E-state index in [2.05, 4.69) is 15.5 Å². The lowest BCUT2D eigenvalue weighted by molar-refractivity contribution is -0.134. The van der Waals surface area contributed by atoms with Gasteiger partial charge < -0.3 is 25.2 Å². The molecule has 1 saturated carbocycles. The van der Waals surface area contributed by atoms with E-state index in [0.29, 0.717) is 49.8 Å². The summed E-state index contributed by atoms with van der Waals surface area (Å²) in [5.41, 5.74) is 2.54. The standard InChI is InChI=1S/C32H41N3O5/c36-28-14-12-25-15-16-39-29-17-22(21-7-3-1-4-8-21)11-13-26(29)31(37)34-23-18-27(32(38)33-19-30(28)40-25)35(20-23)24-9-5-2-6-10-24/h1,3-4,7-8,11,13,17,23-25,27-28,30,36H,2,5-6,9-10,12,14-16,18-20H2,(H,33,38)(H,34,37)/t23-,25-,27-,28-,30+/m0/s1. The average molecular weight is 548 g/mol. The Bertz CT molecular complexity index is 1180. The van der Waals surface area contributed by atoms with Crippen molar-refractivity contribution in [2.45, 2.75) is 94.2 Å². The number of nitrogens with zero attached hydrogens (tertiary/aromatic N) is 1. The fourth-order valence-corrected chi connectivity index (χ4v) is 6.91. The predicted octanol–water partition coefficient (Wildman–Crippen LogP) is 3.67. The van der Waals surface area contributed by atoms with Crippen LogP contribution in [-0.4, -0.2) is 78.0 Å². The zero-order chi connectivity index (χ0) is 27.5. The number of ether oxygens (including phenoxy) is 2. The minimum Gasteiger partial charge on any atom is -0.493 e. The third kappa shape index (κ3) is 6.04. The first kappa shape index (κ1) is 27.2. The second-order valence-electron chi connectivity index (χ2n) is 11.8. The van der Waals surface area contributed by atoms with Gasteiger partial charge in [0.25, 0.3) is 5.91 Å². The van der Waals surface area contributed by atoms with Gasteiger partial charge in [-0.05, 0) is 55.4 Å². The number of likely N-dealkylation sites (tertiary alicyclic amines) is 1. The van der Waals surface area contributed by atoms with Crippen LogP contribution in [0.3, 0.4) is 0 Å². The highest BCUT2D eigenvalue weighted by Gasteiger charge is 2.42. The van der Waals surface area contributed by atoms with Crippen LogP contribution in [0.1, 0.15) is 68.1 Å². The summed E-state index contributed by atoms with van der Waals surface area (Å²) in [6, 6.07) is 15.7. The molecule has 8 heteroatoms. The van der Waals surface area contributed by atoms with E-state index in [1.165, 1.54) is 19.3 Å². The summed E-state index contributed by atoms with van der Waals surface area (Å²) in [7, 11) is 0. The van der Waals surface area contributed by atoms with Crippen LogP contribution in [-0.2, 0) is 9.53 Å². The Morgan fingerprint density at radius 1 is 0.900 bits per heavy atom. The Hall–Kier alpha value is -2.94. The zero-order valence-corrected chi connectivity index (χ0v) is 23.1. The summed E-state index contributed by atoms with van der Waals surface area (Å²) in [5, 5.41) is 16.9. The molecule has 214 valence electrons. The van der Waals surface area contributed by atoms with Crippen LogP contribution in [0.2, 0.25) is 0 Å². The van der Waals surface area contributed by atoms with Gasteiger partial charge in [0, 0.05) is 31.6 Å². The molecule has 3 heterocycles. The van der Waals surface area contributed by atoms with E-state index in [-0.39, 0.29) is 36.5 Å². The third-order valence-electron chi connectivity index (χ3n) is 9.11. The number of carbonyl (C=O) groups is 2. The number of hydrogen-bond acceptors (Lipinski definition) is 6. The first-order valence-electron chi connectivity index (χ1n) is 15.1. The predicted molar refractivity (Wildman–Crippen MR) is 152 cm³/mol. The highest BCUT2D eigenvalue weighted by molar-refractivity contribution is 5.98. The molecule has 3 fully saturated rings. The summed E-state index contributed by atoms with van der Waals surface area (Å²) in [5.74, 6) is 0.340. The molecule has 6 rings (SSSR count). The normalized spacial score (nSPS) is 30.6. The fraction of sp³-hybridized carbons (Fsp3) is 0.562. The second-order valence-corrected chi connectivity index (χ2v) is 11.8. The van der Waals surface area contributed by atoms with E-state index in [9.17, 15) is 14.7 Å². The number of aliphatic hydroxyl groups is 1. The highest BCUT2D eigenvalue weighted by atomic mass is 16.5. The lowest BCUT2D eigenvalue weighted by Crippen LogP contribution is -2.52. The summed E-state index contributed by atoms with van der Waals surface area (Å²) in [6.45, 7) is 1.32. The van der Waals surface area contributed by atoms with E-state index in [1.54, 1.807) is 0 Å². The van der Waals surface area contributed by atoms with Crippen molar-refractivity contribution in [1.29, 1.82) is 0 Å². The Kier molecular flexibility index (Phi) is 8.37. The van der Waals surface area contributed by atoms with Crippen LogP contribution in [0.25, 0.3) is 11.1 Å². The van der Waals surface area contributed by atoms with Gasteiger partial charge in [0.15, 0.2) is 0 Å². The molecule has 2 saturated heterocycles. The number of aliphatic hydroxyl groups excluding tert-OH is 1. The maximum Gasteiger partial charge on any atom is 0.255 e. The maximum absolute atomic E-state index is 13.6. The van der Waals surface area contributed by atoms with Crippen LogP contribution in [0.4, 0.5) is 0 Å².